The molecule has 3 heterocycles. The van der Waals surface area contributed by atoms with Crippen molar-refractivity contribution in [3.8, 4) is 0 Å². The normalized spacial score (nSPS) is 19.2. The number of benzene rings is 2. The lowest BCUT2D eigenvalue weighted by Gasteiger charge is -2.23. The van der Waals surface area contributed by atoms with E-state index in [-0.39, 0.29) is 29.6 Å². The maximum Gasteiger partial charge on any atom is 0.232 e. The minimum atomic E-state index is -0.367. The maximum absolute atomic E-state index is 13.6. The monoisotopic (exact) mass is 443 g/mol. The van der Waals surface area contributed by atoms with Crippen LogP contribution < -0.4 is 15.5 Å². The Morgan fingerprint density at radius 2 is 2.03 bits per heavy atom. The van der Waals surface area contributed by atoms with Gasteiger partial charge in [-0.1, -0.05) is 32.0 Å². The number of nitrogens with two attached hydrogens (primary N) is 1. The van der Waals surface area contributed by atoms with Gasteiger partial charge in [-0.2, -0.15) is 0 Å². The molecule has 2 aromatic carbocycles. The van der Waals surface area contributed by atoms with Crippen LogP contribution in [-0.4, -0.2) is 34.5 Å². The van der Waals surface area contributed by atoms with Gasteiger partial charge in [-0.3, -0.25) is 9.59 Å². The van der Waals surface area contributed by atoms with E-state index in [9.17, 15) is 9.59 Å². The number of hydrogen-bond acceptors (Lipinski definition) is 4. The summed E-state index contributed by atoms with van der Waals surface area (Å²) in [5.41, 5.74) is 11.5. The van der Waals surface area contributed by atoms with Crippen LogP contribution in [0.2, 0.25) is 0 Å². The number of hydrogen-bond donors (Lipinski definition) is 1. The van der Waals surface area contributed by atoms with E-state index >= 15 is 0 Å². The van der Waals surface area contributed by atoms with Gasteiger partial charge in [0.15, 0.2) is 0 Å². The fourth-order valence-electron chi connectivity index (χ4n) is 5.01. The van der Waals surface area contributed by atoms with E-state index < -0.39 is 0 Å². The van der Waals surface area contributed by atoms with E-state index in [0.29, 0.717) is 18.8 Å². The molecule has 0 radical (unpaired) electrons. The number of anilines is 3. The minimum absolute atomic E-state index is 0.0137. The molecule has 170 valence electrons. The summed E-state index contributed by atoms with van der Waals surface area (Å²) in [6.07, 6.45) is 3.91. The van der Waals surface area contributed by atoms with E-state index in [0.717, 1.165) is 23.6 Å². The van der Waals surface area contributed by atoms with Gasteiger partial charge in [-0.05, 0) is 42.3 Å². The minimum Gasteiger partial charge on any atom is -0.399 e. The fourth-order valence-corrected chi connectivity index (χ4v) is 5.01. The van der Waals surface area contributed by atoms with E-state index in [1.54, 1.807) is 17.0 Å². The SMILES string of the molecule is Cc1cncn1Cc1ccc2c(c1)C(C)(C)CN2C(=O)C1CC(=O)N(c2cccc(N)c2)C1. The van der Waals surface area contributed by atoms with Crippen molar-refractivity contribution in [2.45, 2.75) is 39.2 Å². The molecule has 33 heavy (non-hydrogen) atoms. The average molecular weight is 444 g/mol. The molecule has 7 heteroatoms. The van der Waals surface area contributed by atoms with Crippen molar-refractivity contribution >= 4 is 28.9 Å². The van der Waals surface area contributed by atoms with Crippen molar-refractivity contribution in [1.82, 2.24) is 9.55 Å². The summed E-state index contributed by atoms with van der Waals surface area (Å²) in [5, 5.41) is 0. The number of amides is 2. The molecule has 7 nitrogen and oxygen atoms in total. The second kappa shape index (κ2) is 7.76. The van der Waals surface area contributed by atoms with Crippen LogP contribution in [0.3, 0.4) is 0 Å². The first kappa shape index (κ1) is 21.2. The molecule has 0 spiro atoms. The summed E-state index contributed by atoms with van der Waals surface area (Å²) in [7, 11) is 0. The summed E-state index contributed by atoms with van der Waals surface area (Å²) < 4.78 is 2.11. The first-order chi connectivity index (χ1) is 15.7. The highest BCUT2D eigenvalue weighted by Crippen LogP contribution is 2.42. The Bertz CT molecular complexity index is 1240. The lowest BCUT2D eigenvalue weighted by molar-refractivity contribution is -0.124. The zero-order valence-corrected chi connectivity index (χ0v) is 19.3. The molecule has 0 saturated carbocycles. The van der Waals surface area contributed by atoms with Gasteiger partial charge in [0.05, 0.1) is 12.2 Å². The molecule has 0 bridgehead atoms. The summed E-state index contributed by atoms with van der Waals surface area (Å²) >= 11 is 0. The molecule has 2 aliphatic heterocycles. The number of fused-ring (bicyclic) bond motifs is 1. The lowest BCUT2D eigenvalue weighted by atomic mass is 9.86. The number of carbonyl (C=O) groups excluding carboxylic acids is 2. The van der Waals surface area contributed by atoms with Gasteiger partial charge in [0.1, 0.15) is 0 Å². The quantitative estimate of drug-likeness (QED) is 0.626. The van der Waals surface area contributed by atoms with Crippen LogP contribution in [0, 0.1) is 12.8 Å². The van der Waals surface area contributed by atoms with E-state index in [1.165, 1.54) is 11.1 Å². The number of imidazole rings is 1. The standard InChI is InChI=1S/C26H29N5O2/c1-17-12-28-16-29(17)13-18-7-8-23-22(9-18)26(2,3)15-31(23)25(33)19-10-24(32)30(14-19)21-6-4-5-20(27)11-21/h4-9,11-12,16,19H,10,13-15,27H2,1-3H3. The van der Waals surface area contributed by atoms with Crippen molar-refractivity contribution < 1.29 is 9.59 Å². The Labute approximate surface area is 193 Å². The molecule has 2 N–H and O–H groups in total. The third kappa shape index (κ3) is 3.77. The zero-order chi connectivity index (χ0) is 23.3. The number of nitrogen functional groups attached to an aromatic ring is 1. The number of aryl methyl sites for hydroxylation is 1. The van der Waals surface area contributed by atoms with Crippen LogP contribution in [0.25, 0.3) is 0 Å². The highest BCUT2D eigenvalue weighted by atomic mass is 16.2. The molecule has 1 fully saturated rings. The number of aromatic nitrogens is 2. The summed E-state index contributed by atoms with van der Waals surface area (Å²) in [6, 6.07) is 13.6. The van der Waals surface area contributed by atoms with Crippen molar-refractivity contribution in [3.63, 3.8) is 0 Å². The highest BCUT2D eigenvalue weighted by Gasteiger charge is 2.43. The first-order valence-corrected chi connectivity index (χ1v) is 11.3. The molecule has 0 aliphatic carbocycles. The van der Waals surface area contributed by atoms with Crippen LogP contribution in [-0.2, 0) is 21.5 Å². The van der Waals surface area contributed by atoms with Crippen LogP contribution >= 0.6 is 0 Å². The van der Waals surface area contributed by atoms with Gasteiger partial charge in [-0.25, -0.2) is 4.98 Å². The Balaban J connectivity index is 1.38. The predicted octanol–water partition coefficient (Wildman–Crippen LogP) is 3.50. The van der Waals surface area contributed by atoms with Crippen molar-refractivity contribution in [3.05, 3.63) is 71.8 Å². The number of nitrogens with zero attached hydrogens (tertiary/aromatic N) is 4. The third-order valence-corrected chi connectivity index (χ3v) is 6.83. The molecule has 1 unspecified atom stereocenters. The van der Waals surface area contributed by atoms with Gasteiger partial charge < -0.3 is 20.1 Å². The van der Waals surface area contributed by atoms with Gasteiger partial charge in [0.2, 0.25) is 11.8 Å². The Morgan fingerprint density at radius 1 is 1.21 bits per heavy atom. The van der Waals surface area contributed by atoms with E-state index in [2.05, 4.69) is 41.6 Å². The number of carbonyl (C=O) groups is 2. The van der Waals surface area contributed by atoms with Crippen LogP contribution in [0.4, 0.5) is 17.1 Å². The maximum atomic E-state index is 13.6. The van der Waals surface area contributed by atoms with Gasteiger partial charge in [0.25, 0.3) is 0 Å². The van der Waals surface area contributed by atoms with Gasteiger partial charge >= 0.3 is 0 Å². The molecule has 2 amide bonds. The Kier molecular flexibility index (Phi) is 5.00. The number of rotatable bonds is 4. The first-order valence-electron chi connectivity index (χ1n) is 11.3. The largest absolute Gasteiger partial charge is 0.399 e. The summed E-state index contributed by atoms with van der Waals surface area (Å²) in [6.45, 7) is 8.12. The van der Waals surface area contributed by atoms with Gasteiger partial charge in [-0.15, -0.1) is 0 Å². The molecule has 2 aliphatic rings. The molecule has 1 aromatic heterocycles. The Morgan fingerprint density at radius 3 is 2.76 bits per heavy atom. The smallest absolute Gasteiger partial charge is 0.232 e. The van der Waals surface area contributed by atoms with Gasteiger partial charge in [0, 0.05) is 60.4 Å². The molecule has 1 atom stereocenters. The van der Waals surface area contributed by atoms with E-state index in [1.807, 2.05) is 36.5 Å². The summed E-state index contributed by atoms with van der Waals surface area (Å²) in [5.74, 6) is -0.391. The summed E-state index contributed by atoms with van der Waals surface area (Å²) in [4.78, 5) is 34.1. The average Bonchev–Trinajstić information content (AvgIpc) is 3.44. The molecule has 1 saturated heterocycles. The van der Waals surface area contributed by atoms with Crippen molar-refractivity contribution in [1.29, 1.82) is 0 Å². The second-order valence-electron chi connectivity index (χ2n) is 9.82. The predicted molar refractivity (Wildman–Crippen MR) is 129 cm³/mol. The van der Waals surface area contributed by atoms with Crippen molar-refractivity contribution in [2.24, 2.45) is 5.92 Å². The molecular formula is C26H29N5O2. The zero-order valence-electron chi connectivity index (χ0n) is 19.3. The van der Waals surface area contributed by atoms with Crippen molar-refractivity contribution in [2.75, 3.05) is 28.6 Å². The molecule has 3 aromatic rings. The lowest BCUT2D eigenvalue weighted by Crippen LogP contribution is -2.39. The highest BCUT2D eigenvalue weighted by molar-refractivity contribution is 6.05. The molecular weight excluding hydrogens is 414 g/mol. The van der Waals surface area contributed by atoms with Crippen LogP contribution in [0.15, 0.2) is 55.0 Å². The Hall–Kier alpha value is -3.61. The van der Waals surface area contributed by atoms with Crippen LogP contribution in [0.1, 0.15) is 37.1 Å². The van der Waals surface area contributed by atoms with Crippen LogP contribution in [0.5, 0.6) is 0 Å². The second-order valence-corrected chi connectivity index (χ2v) is 9.82. The fraction of sp³-hybridized carbons (Fsp3) is 0.346. The molecule has 5 rings (SSSR count). The third-order valence-electron chi connectivity index (χ3n) is 6.83. The topological polar surface area (TPSA) is 84.5 Å². The van der Waals surface area contributed by atoms with E-state index in [4.69, 9.17) is 5.73 Å².